The van der Waals surface area contributed by atoms with Crippen LogP contribution >= 0.6 is 0 Å². The molecule has 14 heavy (non-hydrogen) atoms. The molecule has 0 aliphatic rings. The molecule has 1 heterocycles. The van der Waals surface area contributed by atoms with Crippen LogP contribution in [-0.2, 0) is 11.0 Å². The van der Waals surface area contributed by atoms with Crippen molar-refractivity contribution in [3.8, 4) is 0 Å². The first kappa shape index (κ1) is 11.2. The van der Waals surface area contributed by atoms with Crippen LogP contribution in [0, 0.1) is 0 Å². The molecule has 78 valence electrons. The lowest BCUT2D eigenvalue weighted by Gasteiger charge is -2.23. The Kier molecular flexibility index (Phi) is 2.71. The van der Waals surface area contributed by atoms with Gasteiger partial charge in [0.25, 0.3) is 0 Å². The van der Waals surface area contributed by atoms with Crippen molar-refractivity contribution in [1.82, 2.24) is 0 Å². The number of aromatic nitrogens is 1. The number of hydrogen-bond acceptors (Lipinski definition) is 0. The molecular formula is C13H22N+. The molecule has 1 nitrogen and oxygen atoms in total. The summed E-state index contributed by atoms with van der Waals surface area (Å²) in [6.45, 7) is 13.5. The fourth-order valence-electron chi connectivity index (χ4n) is 1.64. The highest BCUT2D eigenvalue weighted by molar-refractivity contribution is 5.07. The maximum atomic E-state index is 2.35. The first-order valence-corrected chi connectivity index (χ1v) is 5.24. The van der Waals surface area contributed by atoms with Gasteiger partial charge in [0.05, 0.1) is 0 Å². The van der Waals surface area contributed by atoms with E-state index in [-0.39, 0.29) is 11.0 Å². The van der Waals surface area contributed by atoms with Crippen LogP contribution in [0.2, 0.25) is 0 Å². The predicted octanol–water partition coefficient (Wildman–Crippen LogP) is 3.03. The Morgan fingerprint density at radius 3 is 1.86 bits per heavy atom. The van der Waals surface area contributed by atoms with Crippen LogP contribution in [0.5, 0.6) is 0 Å². The second-order valence-corrected chi connectivity index (χ2v) is 5.88. The van der Waals surface area contributed by atoms with E-state index in [0.717, 1.165) is 0 Å². The Morgan fingerprint density at radius 2 is 1.50 bits per heavy atom. The standard InChI is InChI=1S/C13H22N/c1-12(2,3)11-9-7-8-10-14(11)13(4,5)6/h7-10H,1-6H3/q+1. The smallest absolute Gasteiger partial charge is 0.187 e. The van der Waals surface area contributed by atoms with Gasteiger partial charge in [-0.25, -0.2) is 0 Å². The SMILES string of the molecule is CC(C)(C)c1cccc[n+]1C(C)(C)C. The topological polar surface area (TPSA) is 3.88 Å². The zero-order chi connectivity index (χ0) is 11.0. The monoisotopic (exact) mass is 192 g/mol. The Morgan fingerprint density at radius 1 is 0.929 bits per heavy atom. The lowest BCUT2D eigenvalue weighted by Crippen LogP contribution is -2.55. The highest BCUT2D eigenvalue weighted by Crippen LogP contribution is 2.20. The van der Waals surface area contributed by atoms with E-state index in [1.165, 1.54) is 5.69 Å². The van der Waals surface area contributed by atoms with E-state index in [4.69, 9.17) is 0 Å². The van der Waals surface area contributed by atoms with Gasteiger partial charge in [-0.1, -0.05) is 26.8 Å². The Labute approximate surface area is 87.8 Å². The van der Waals surface area contributed by atoms with Gasteiger partial charge < -0.3 is 0 Å². The Balaban J connectivity index is 3.31. The molecule has 0 aliphatic carbocycles. The van der Waals surface area contributed by atoms with Crippen molar-refractivity contribution >= 4 is 0 Å². The van der Waals surface area contributed by atoms with E-state index in [2.05, 4.69) is 70.5 Å². The molecule has 1 heteroatoms. The average molecular weight is 192 g/mol. The van der Waals surface area contributed by atoms with Gasteiger partial charge in [-0.2, -0.15) is 4.57 Å². The third-order valence-corrected chi connectivity index (χ3v) is 2.35. The fraction of sp³-hybridized carbons (Fsp3) is 0.615. The van der Waals surface area contributed by atoms with Crippen molar-refractivity contribution in [2.24, 2.45) is 0 Å². The molecule has 0 saturated carbocycles. The molecule has 0 atom stereocenters. The first-order chi connectivity index (χ1) is 6.23. The van der Waals surface area contributed by atoms with Crippen molar-refractivity contribution in [2.45, 2.75) is 52.5 Å². The number of rotatable bonds is 0. The summed E-state index contributed by atoms with van der Waals surface area (Å²) >= 11 is 0. The van der Waals surface area contributed by atoms with E-state index in [0.29, 0.717) is 0 Å². The van der Waals surface area contributed by atoms with Gasteiger partial charge >= 0.3 is 0 Å². The van der Waals surface area contributed by atoms with Gasteiger partial charge in [-0.05, 0) is 0 Å². The van der Waals surface area contributed by atoms with Gasteiger partial charge in [0.1, 0.15) is 0 Å². The summed E-state index contributed by atoms with van der Waals surface area (Å²) in [5.74, 6) is 0. The van der Waals surface area contributed by atoms with Crippen LogP contribution in [-0.4, -0.2) is 0 Å². The van der Waals surface area contributed by atoms with Gasteiger partial charge in [0.15, 0.2) is 17.4 Å². The van der Waals surface area contributed by atoms with Crippen molar-refractivity contribution in [3.05, 3.63) is 30.1 Å². The van der Waals surface area contributed by atoms with Gasteiger partial charge in [0.2, 0.25) is 0 Å². The molecular weight excluding hydrogens is 170 g/mol. The minimum absolute atomic E-state index is 0.157. The minimum atomic E-state index is 0.157. The van der Waals surface area contributed by atoms with Crippen LogP contribution < -0.4 is 4.57 Å². The molecule has 0 N–H and O–H groups in total. The van der Waals surface area contributed by atoms with Crippen molar-refractivity contribution in [3.63, 3.8) is 0 Å². The molecule has 0 radical (unpaired) electrons. The number of nitrogens with zero attached hydrogens (tertiary/aromatic N) is 1. The maximum absolute atomic E-state index is 2.35. The summed E-state index contributed by atoms with van der Waals surface area (Å²) < 4.78 is 2.35. The summed E-state index contributed by atoms with van der Waals surface area (Å²) in [4.78, 5) is 0. The molecule has 0 unspecified atom stereocenters. The lowest BCUT2D eigenvalue weighted by molar-refractivity contribution is -0.763. The maximum Gasteiger partial charge on any atom is 0.187 e. The second-order valence-electron chi connectivity index (χ2n) is 5.88. The normalized spacial score (nSPS) is 13.0. The van der Waals surface area contributed by atoms with E-state index in [1.54, 1.807) is 0 Å². The van der Waals surface area contributed by atoms with Gasteiger partial charge in [-0.15, -0.1) is 0 Å². The molecule has 0 saturated heterocycles. The molecule has 0 aliphatic heterocycles. The largest absolute Gasteiger partial charge is 0.198 e. The first-order valence-electron chi connectivity index (χ1n) is 5.24. The molecule has 1 rings (SSSR count). The van der Waals surface area contributed by atoms with E-state index in [9.17, 15) is 0 Å². The minimum Gasteiger partial charge on any atom is -0.198 e. The summed E-state index contributed by atoms with van der Waals surface area (Å²) in [6, 6.07) is 6.43. The van der Waals surface area contributed by atoms with E-state index in [1.807, 2.05) is 0 Å². The third-order valence-electron chi connectivity index (χ3n) is 2.35. The van der Waals surface area contributed by atoms with E-state index >= 15 is 0 Å². The highest BCUT2D eigenvalue weighted by atomic mass is 15.0. The molecule has 0 spiro atoms. The summed E-state index contributed by atoms with van der Waals surface area (Å²) in [6.07, 6.45) is 2.17. The van der Waals surface area contributed by atoms with Crippen LogP contribution in [0.15, 0.2) is 24.4 Å². The third kappa shape index (κ3) is 2.34. The van der Waals surface area contributed by atoms with Crippen LogP contribution in [0.1, 0.15) is 47.2 Å². The summed E-state index contributed by atoms with van der Waals surface area (Å²) in [5, 5.41) is 0. The fourth-order valence-corrected chi connectivity index (χ4v) is 1.64. The van der Waals surface area contributed by atoms with Crippen molar-refractivity contribution < 1.29 is 4.57 Å². The zero-order valence-electron chi connectivity index (χ0n) is 10.3. The molecule has 1 aromatic heterocycles. The molecule has 0 fully saturated rings. The molecule has 0 aromatic carbocycles. The van der Waals surface area contributed by atoms with Crippen LogP contribution in [0.25, 0.3) is 0 Å². The highest BCUT2D eigenvalue weighted by Gasteiger charge is 2.31. The summed E-state index contributed by atoms with van der Waals surface area (Å²) in [7, 11) is 0. The Hall–Kier alpha value is -0.850. The van der Waals surface area contributed by atoms with Crippen LogP contribution in [0.3, 0.4) is 0 Å². The zero-order valence-corrected chi connectivity index (χ0v) is 10.3. The van der Waals surface area contributed by atoms with Gasteiger partial charge in [-0.3, -0.25) is 0 Å². The van der Waals surface area contributed by atoms with Crippen molar-refractivity contribution in [1.29, 1.82) is 0 Å². The van der Waals surface area contributed by atoms with Crippen LogP contribution in [0.4, 0.5) is 0 Å². The average Bonchev–Trinajstić information content (AvgIpc) is 2.01. The lowest BCUT2D eigenvalue weighted by atomic mass is 9.89. The van der Waals surface area contributed by atoms with Gasteiger partial charge in [0, 0.05) is 38.3 Å². The molecule has 0 amide bonds. The predicted molar refractivity (Wildman–Crippen MR) is 60.3 cm³/mol. The second kappa shape index (κ2) is 3.38. The summed E-state index contributed by atoms with van der Waals surface area (Å²) in [5.41, 5.74) is 1.74. The number of pyridine rings is 1. The number of hydrogen-bond donors (Lipinski definition) is 0. The van der Waals surface area contributed by atoms with E-state index < -0.39 is 0 Å². The van der Waals surface area contributed by atoms with Crippen molar-refractivity contribution in [2.75, 3.05) is 0 Å². The molecule has 0 bridgehead atoms. The molecule has 1 aromatic rings. The Bertz CT molecular complexity index is 280. The quantitative estimate of drug-likeness (QED) is 0.556.